The number of hydrogen-bond acceptors (Lipinski definition) is 2. The van der Waals surface area contributed by atoms with Gasteiger partial charge in [0.05, 0.1) is 5.88 Å². The van der Waals surface area contributed by atoms with Crippen molar-refractivity contribution in [1.82, 2.24) is 9.55 Å². The molecule has 2 heterocycles. The average Bonchev–Trinajstić information content (AvgIpc) is 2.67. The zero-order valence-electron chi connectivity index (χ0n) is 10.5. The number of Topliss-reactive ketones (excluding diaryl/α,β-unsaturated/α-hetero) is 1. The van der Waals surface area contributed by atoms with Crippen molar-refractivity contribution in [3.63, 3.8) is 0 Å². The highest BCUT2D eigenvalue weighted by atomic mass is 35.5. The van der Waals surface area contributed by atoms with Gasteiger partial charge in [0.1, 0.15) is 0 Å². The van der Waals surface area contributed by atoms with Crippen molar-refractivity contribution in [2.45, 2.75) is 20.4 Å². The zero-order valence-corrected chi connectivity index (χ0v) is 11.2. The molecule has 18 heavy (non-hydrogen) atoms. The molecular formula is C14H15ClN2O. The minimum atomic E-state index is -0.0257. The smallest absolute Gasteiger partial charge is 0.179 e. The van der Waals surface area contributed by atoms with Crippen LogP contribution in [0.25, 0.3) is 0 Å². The van der Waals surface area contributed by atoms with Gasteiger partial charge in [0, 0.05) is 35.9 Å². The topological polar surface area (TPSA) is 34.9 Å². The lowest BCUT2D eigenvalue weighted by Crippen LogP contribution is -2.07. The second-order valence-corrected chi connectivity index (χ2v) is 4.56. The van der Waals surface area contributed by atoms with Crippen LogP contribution in [-0.2, 0) is 6.54 Å². The minimum absolute atomic E-state index is 0.0250. The molecule has 2 rings (SSSR count). The Labute approximate surface area is 111 Å². The summed E-state index contributed by atoms with van der Waals surface area (Å²) in [6, 6.07) is 5.83. The summed E-state index contributed by atoms with van der Waals surface area (Å²) in [6.45, 7) is 4.67. The van der Waals surface area contributed by atoms with Crippen LogP contribution in [0.2, 0.25) is 0 Å². The van der Waals surface area contributed by atoms with Crippen LogP contribution in [0.15, 0.2) is 30.6 Å². The number of pyridine rings is 1. The number of hydrogen-bond donors (Lipinski definition) is 0. The fraction of sp³-hybridized carbons (Fsp3) is 0.286. The van der Waals surface area contributed by atoms with Gasteiger partial charge in [-0.25, -0.2) is 0 Å². The van der Waals surface area contributed by atoms with Gasteiger partial charge >= 0.3 is 0 Å². The number of aryl methyl sites for hydroxylation is 1. The number of nitrogens with zero attached hydrogens (tertiary/aromatic N) is 2. The van der Waals surface area contributed by atoms with E-state index in [2.05, 4.69) is 9.55 Å². The molecule has 0 amide bonds. The predicted molar refractivity (Wildman–Crippen MR) is 72.3 cm³/mol. The Morgan fingerprint density at radius 3 is 2.83 bits per heavy atom. The molecule has 0 aliphatic carbocycles. The quantitative estimate of drug-likeness (QED) is 0.627. The lowest BCUT2D eigenvalue weighted by Gasteiger charge is -2.09. The summed E-state index contributed by atoms with van der Waals surface area (Å²) in [6.07, 6.45) is 3.59. The molecule has 4 heteroatoms. The Hall–Kier alpha value is -1.61. The van der Waals surface area contributed by atoms with Crippen LogP contribution in [0.5, 0.6) is 0 Å². The van der Waals surface area contributed by atoms with Gasteiger partial charge < -0.3 is 4.57 Å². The average molecular weight is 263 g/mol. The molecule has 3 nitrogen and oxygen atoms in total. The summed E-state index contributed by atoms with van der Waals surface area (Å²) in [5, 5.41) is 0. The maximum Gasteiger partial charge on any atom is 0.179 e. The molecule has 2 aromatic rings. The van der Waals surface area contributed by atoms with E-state index in [1.807, 2.05) is 38.2 Å². The Bertz CT molecular complexity index is 561. The maximum absolute atomic E-state index is 11.7. The summed E-state index contributed by atoms with van der Waals surface area (Å²) >= 11 is 5.61. The highest BCUT2D eigenvalue weighted by Crippen LogP contribution is 2.17. The van der Waals surface area contributed by atoms with E-state index < -0.39 is 0 Å². The van der Waals surface area contributed by atoms with Crippen LogP contribution >= 0.6 is 11.6 Å². The van der Waals surface area contributed by atoms with Gasteiger partial charge in [0.15, 0.2) is 5.78 Å². The highest BCUT2D eigenvalue weighted by molar-refractivity contribution is 6.30. The Balaban J connectivity index is 2.34. The van der Waals surface area contributed by atoms with Crippen LogP contribution in [0.3, 0.4) is 0 Å². The van der Waals surface area contributed by atoms with Gasteiger partial charge in [0.25, 0.3) is 0 Å². The van der Waals surface area contributed by atoms with E-state index in [1.165, 1.54) is 0 Å². The lowest BCUT2D eigenvalue weighted by atomic mass is 10.2. The lowest BCUT2D eigenvalue weighted by molar-refractivity contribution is 0.102. The number of rotatable bonds is 4. The van der Waals surface area contributed by atoms with Crippen LogP contribution in [-0.4, -0.2) is 21.2 Å². The summed E-state index contributed by atoms with van der Waals surface area (Å²) in [7, 11) is 0. The number of carbonyl (C=O) groups excluding carboxylic acids is 1. The second-order valence-electron chi connectivity index (χ2n) is 4.29. The number of aromatic nitrogens is 2. The zero-order chi connectivity index (χ0) is 13.1. The first-order valence-electron chi connectivity index (χ1n) is 5.78. The van der Waals surface area contributed by atoms with Crippen molar-refractivity contribution < 1.29 is 4.79 Å². The van der Waals surface area contributed by atoms with Gasteiger partial charge in [-0.1, -0.05) is 6.07 Å². The largest absolute Gasteiger partial charge is 0.344 e. The van der Waals surface area contributed by atoms with Crippen LogP contribution in [0, 0.1) is 13.8 Å². The molecule has 0 saturated heterocycles. The molecule has 0 aromatic carbocycles. The van der Waals surface area contributed by atoms with Gasteiger partial charge in [-0.15, -0.1) is 11.6 Å². The van der Waals surface area contributed by atoms with E-state index in [-0.39, 0.29) is 11.7 Å². The van der Waals surface area contributed by atoms with Gasteiger partial charge in [-0.2, -0.15) is 0 Å². The molecule has 0 aliphatic rings. The second kappa shape index (κ2) is 5.36. The third-order valence-electron chi connectivity index (χ3n) is 3.06. The van der Waals surface area contributed by atoms with Crippen LogP contribution in [0.1, 0.15) is 27.3 Å². The molecule has 0 unspecified atom stereocenters. The first-order valence-corrected chi connectivity index (χ1v) is 6.31. The molecule has 0 atom stereocenters. The number of alkyl halides is 1. The van der Waals surface area contributed by atoms with E-state index in [9.17, 15) is 4.79 Å². The normalized spacial score (nSPS) is 10.6. The Morgan fingerprint density at radius 1 is 1.44 bits per heavy atom. The molecule has 0 N–H and O–H groups in total. The van der Waals surface area contributed by atoms with Gasteiger partial charge in [0.2, 0.25) is 0 Å². The fourth-order valence-corrected chi connectivity index (χ4v) is 2.22. The number of carbonyl (C=O) groups is 1. The summed E-state index contributed by atoms with van der Waals surface area (Å²) in [4.78, 5) is 15.8. The van der Waals surface area contributed by atoms with E-state index in [4.69, 9.17) is 11.6 Å². The van der Waals surface area contributed by atoms with Crippen molar-refractivity contribution in [2.24, 2.45) is 0 Å². The number of ketones is 1. The Kier molecular flexibility index (Phi) is 3.82. The van der Waals surface area contributed by atoms with Crippen molar-refractivity contribution in [3.8, 4) is 0 Å². The van der Waals surface area contributed by atoms with E-state index >= 15 is 0 Å². The predicted octanol–water partition coefficient (Wildman–Crippen LogP) is 2.97. The highest BCUT2D eigenvalue weighted by Gasteiger charge is 2.14. The summed E-state index contributed by atoms with van der Waals surface area (Å²) in [5.74, 6) is -0.000752. The molecule has 2 aromatic heterocycles. The molecule has 0 spiro atoms. The molecular weight excluding hydrogens is 248 g/mol. The molecule has 94 valence electrons. The molecule has 0 fully saturated rings. The van der Waals surface area contributed by atoms with Crippen molar-refractivity contribution in [3.05, 3.63) is 53.1 Å². The summed E-state index contributed by atoms with van der Waals surface area (Å²) in [5.41, 5.74) is 3.85. The van der Waals surface area contributed by atoms with E-state index in [0.717, 1.165) is 23.5 Å². The van der Waals surface area contributed by atoms with Crippen LogP contribution in [0.4, 0.5) is 0 Å². The van der Waals surface area contributed by atoms with E-state index in [0.29, 0.717) is 5.56 Å². The third kappa shape index (κ3) is 2.46. The number of halogens is 1. The maximum atomic E-state index is 11.7. The van der Waals surface area contributed by atoms with Crippen LogP contribution < -0.4 is 0 Å². The summed E-state index contributed by atoms with van der Waals surface area (Å²) < 4.78 is 2.11. The van der Waals surface area contributed by atoms with Crippen molar-refractivity contribution in [1.29, 1.82) is 0 Å². The molecule has 0 aliphatic heterocycles. The SMILES string of the molecule is Cc1cc(C(=O)CCl)c(C)n1Cc1cccnc1. The fourth-order valence-electron chi connectivity index (χ4n) is 2.07. The van der Waals surface area contributed by atoms with Gasteiger partial charge in [-0.3, -0.25) is 9.78 Å². The molecule has 0 saturated carbocycles. The molecule has 0 radical (unpaired) electrons. The van der Waals surface area contributed by atoms with Crippen molar-refractivity contribution >= 4 is 17.4 Å². The minimum Gasteiger partial charge on any atom is -0.344 e. The first-order chi connectivity index (χ1) is 8.63. The van der Waals surface area contributed by atoms with E-state index in [1.54, 1.807) is 6.20 Å². The molecule has 0 bridgehead atoms. The third-order valence-corrected chi connectivity index (χ3v) is 3.30. The monoisotopic (exact) mass is 262 g/mol. The Morgan fingerprint density at radius 2 is 2.22 bits per heavy atom. The van der Waals surface area contributed by atoms with Gasteiger partial charge in [-0.05, 0) is 31.5 Å². The van der Waals surface area contributed by atoms with Crippen molar-refractivity contribution in [2.75, 3.05) is 5.88 Å². The first kappa shape index (κ1) is 12.8. The standard InChI is InChI=1S/C14H15ClN2O/c1-10-6-13(14(18)7-15)11(2)17(10)9-12-4-3-5-16-8-12/h3-6,8H,7,9H2,1-2H3.